The number of rotatable bonds is 7. The normalized spacial score (nSPS) is 16.6. The van der Waals surface area contributed by atoms with Crippen molar-refractivity contribution in [2.24, 2.45) is 5.92 Å². The van der Waals surface area contributed by atoms with E-state index in [-0.39, 0.29) is 6.42 Å². The van der Waals surface area contributed by atoms with Crippen LogP contribution in [-0.2, 0) is 23.8 Å². The number of carbonyl (C=O) groups excluding carboxylic acids is 2. The Kier molecular flexibility index (Phi) is 7.95. The smallest absolute Gasteiger partial charge is 0.320 e. The van der Waals surface area contributed by atoms with E-state index in [4.69, 9.17) is 4.74 Å². The fraction of sp³-hybridized carbons (Fsp3) is 0.733. The molecule has 20 heavy (non-hydrogen) atoms. The molecule has 114 valence electrons. The summed E-state index contributed by atoms with van der Waals surface area (Å²) in [6.07, 6.45) is 10.3. The Bertz CT molecular complexity index is 315. The van der Waals surface area contributed by atoms with Crippen LogP contribution in [-0.4, -0.2) is 38.9 Å². The molecule has 0 unspecified atom stereocenters. The van der Waals surface area contributed by atoms with Crippen LogP contribution in [0.1, 0.15) is 38.5 Å². The standard InChI is InChI=1S/C15H24O5/c1-18-14(16)13(15(17)19-2)10-6-7-11-20-12-8-4-3-5-9-12/h6-7,12-13H,3-5,8-11H2,1-2H3/b7-6+. The maximum absolute atomic E-state index is 11.4. The van der Waals surface area contributed by atoms with Crippen molar-refractivity contribution in [3.8, 4) is 0 Å². The Hall–Kier alpha value is -1.36. The van der Waals surface area contributed by atoms with Gasteiger partial charge >= 0.3 is 11.9 Å². The van der Waals surface area contributed by atoms with Crippen LogP contribution in [0.25, 0.3) is 0 Å². The van der Waals surface area contributed by atoms with Crippen LogP contribution in [0.4, 0.5) is 0 Å². The summed E-state index contributed by atoms with van der Waals surface area (Å²) in [5.74, 6) is -2.04. The summed E-state index contributed by atoms with van der Waals surface area (Å²) in [5, 5.41) is 0. The fourth-order valence-corrected chi connectivity index (χ4v) is 2.30. The molecule has 5 nitrogen and oxygen atoms in total. The Morgan fingerprint density at radius 3 is 2.20 bits per heavy atom. The molecule has 1 rings (SSSR count). The molecule has 0 N–H and O–H groups in total. The quantitative estimate of drug-likeness (QED) is 0.407. The number of esters is 2. The Morgan fingerprint density at radius 1 is 1.05 bits per heavy atom. The molecule has 0 amide bonds. The number of hydrogen-bond donors (Lipinski definition) is 0. The average Bonchev–Trinajstić information content (AvgIpc) is 2.50. The van der Waals surface area contributed by atoms with Crippen molar-refractivity contribution in [3.63, 3.8) is 0 Å². The SMILES string of the molecule is COC(=O)C(C/C=C/COC1CCCCC1)C(=O)OC. The molecule has 0 bridgehead atoms. The van der Waals surface area contributed by atoms with Crippen molar-refractivity contribution in [1.29, 1.82) is 0 Å². The zero-order valence-electron chi connectivity index (χ0n) is 12.3. The highest BCUT2D eigenvalue weighted by molar-refractivity contribution is 5.94. The molecule has 0 spiro atoms. The molecule has 1 saturated carbocycles. The van der Waals surface area contributed by atoms with Crippen LogP contribution < -0.4 is 0 Å². The van der Waals surface area contributed by atoms with Gasteiger partial charge in [-0.1, -0.05) is 31.4 Å². The van der Waals surface area contributed by atoms with Crippen LogP contribution >= 0.6 is 0 Å². The van der Waals surface area contributed by atoms with Crippen molar-refractivity contribution >= 4 is 11.9 Å². The van der Waals surface area contributed by atoms with Gasteiger partial charge in [0.25, 0.3) is 0 Å². The highest BCUT2D eigenvalue weighted by atomic mass is 16.5. The predicted molar refractivity (Wildman–Crippen MR) is 74.1 cm³/mol. The highest BCUT2D eigenvalue weighted by Crippen LogP contribution is 2.20. The van der Waals surface area contributed by atoms with Crippen molar-refractivity contribution < 1.29 is 23.8 Å². The molecule has 0 aliphatic heterocycles. The van der Waals surface area contributed by atoms with Gasteiger partial charge in [0.05, 0.1) is 26.9 Å². The van der Waals surface area contributed by atoms with E-state index in [1.165, 1.54) is 33.5 Å². The first kappa shape index (κ1) is 16.7. The minimum atomic E-state index is -0.893. The first-order chi connectivity index (χ1) is 9.69. The molecular weight excluding hydrogens is 260 g/mol. The fourth-order valence-electron chi connectivity index (χ4n) is 2.30. The van der Waals surface area contributed by atoms with Crippen LogP contribution in [0.3, 0.4) is 0 Å². The van der Waals surface area contributed by atoms with E-state index >= 15 is 0 Å². The van der Waals surface area contributed by atoms with Gasteiger partial charge in [-0.25, -0.2) is 0 Å². The molecule has 0 heterocycles. The second-order valence-corrected chi connectivity index (χ2v) is 4.90. The van der Waals surface area contributed by atoms with Gasteiger partial charge in [-0.2, -0.15) is 0 Å². The summed E-state index contributed by atoms with van der Waals surface area (Å²) in [6, 6.07) is 0. The third-order valence-corrected chi connectivity index (χ3v) is 3.49. The maximum Gasteiger partial charge on any atom is 0.320 e. The average molecular weight is 284 g/mol. The molecule has 1 aliphatic rings. The van der Waals surface area contributed by atoms with Crippen molar-refractivity contribution in [3.05, 3.63) is 12.2 Å². The summed E-state index contributed by atoms with van der Waals surface area (Å²) >= 11 is 0. The number of allylic oxidation sites excluding steroid dienone is 1. The highest BCUT2D eigenvalue weighted by Gasteiger charge is 2.27. The van der Waals surface area contributed by atoms with E-state index in [0.29, 0.717) is 12.7 Å². The van der Waals surface area contributed by atoms with Crippen LogP contribution in [0, 0.1) is 5.92 Å². The Labute approximate surface area is 120 Å². The molecule has 0 atom stereocenters. The van der Waals surface area contributed by atoms with Crippen LogP contribution in [0.15, 0.2) is 12.2 Å². The second-order valence-electron chi connectivity index (χ2n) is 4.90. The number of ether oxygens (including phenoxy) is 3. The monoisotopic (exact) mass is 284 g/mol. The molecule has 5 heteroatoms. The van der Waals surface area contributed by atoms with Gasteiger partial charge in [0.1, 0.15) is 0 Å². The van der Waals surface area contributed by atoms with E-state index in [2.05, 4.69) is 9.47 Å². The summed E-state index contributed by atoms with van der Waals surface area (Å²) in [5.41, 5.74) is 0. The zero-order chi connectivity index (χ0) is 14.8. The van der Waals surface area contributed by atoms with E-state index in [0.717, 1.165) is 12.8 Å². The molecule has 1 aliphatic carbocycles. The van der Waals surface area contributed by atoms with Crippen molar-refractivity contribution in [1.82, 2.24) is 0 Å². The first-order valence-electron chi connectivity index (χ1n) is 7.11. The molecule has 0 radical (unpaired) electrons. The van der Waals surface area contributed by atoms with Gasteiger partial charge in [0, 0.05) is 0 Å². The van der Waals surface area contributed by atoms with Crippen molar-refractivity contribution in [2.45, 2.75) is 44.6 Å². The summed E-state index contributed by atoms with van der Waals surface area (Å²) in [7, 11) is 2.52. The largest absolute Gasteiger partial charge is 0.468 e. The molecule has 1 fully saturated rings. The van der Waals surface area contributed by atoms with Gasteiger partial charge in [0.2, 0.25) is 0 Å². The Morgan fingerprint density at radius 2 is 1.65 bits per heavy atom. The van der Waals surface area contributed by atoms with Crippen molar-refractivity contribution in [2.75, 3.05) is 20.8 Å². The minimum Gasteiger partial charge on any atom is -0.468 e. The van der Waals surface area contributed by atoms with E-state index in [1.807, 2.05) is 6.08 Å². The van der Waals surface area contributed by atoms with Gasteiger partial charge in [0.15, 0.2) is 5.92 Å². The molecule has 0 aromatic carbocycles. The van der Waals surface area contributed by atoms with Gasteiger partial charge < -0.3 is 14.2 Å². The third kappa shape index (κ3) is 5.74. The van der Waals surface area contributed by atoms with Gasteiger partial charge in [-0.3, -0.25) is 9.59 Å². The lowest BCUT2D eigenvalue weighted by molar-refractivity contribution is -0.158. The lowest BCUT2D eigenvalue weighted by Crippen LogP contribution is -2.26. The van der Waals surface area contributed by atoms with E-state index < -0.39 is 17.9 Å². The zero-order valence-corrected chi connectivity index (χ0v) is 12.3. The third-order valence-electron chi connectivity index (χ3n) is 3.49. The molecule has 0 saturated heterocycles. The lowest BCUT2D eigenvalue weighted by atomic mass is 9.98. The van der Waals surface area contributed by atoms with Crippen LogP contribution in [0.2, 0.25) is 0 Å². The summed E-state index contributed by atoms with van der Waals surface area (Å²) in [4.78, 5) is 22.9. The first-order valence-corrected chi connectivity index (χ1v) is 7.11. The molecular formula is C15H24O5. The topological polar surface area (TPSA) is 61.8 Å². The summed E-state index contributed by atoms with van der Waals surface area (Å²) in [6.45, 7) is 0.514. The lowest BCUT2D eigenvalue weighted by Gasteiger charge is -2.21. The Balaban J connectivity index is 2.29. The number of methoxy groups -OCH3 is 2. The maximum atomic E-state index is 11.4. The van der Waals surface area contributed by atoms with Gasteiger partial charge in [-0.05, 0) is 19.3 Å². The summed E-state index contributed by atoms with van der Waals surface area (Å²) < 4.78 is 14.9. The number of hydrogen-bond acceptors (Lipinski definition) is 5. The van der Waals surface area contributed by atoms with Crippen LogP contribution in [0.5, 0.6) is 0 Å². The van der Waals surface area contributed by atoms with E-state index in [1.54, 1.807) is 6.08 Å². The van der Waals surface area contributed by atoms with E-state index in [9.17, 15) is 9.59 Å². The second kappa shape index (κ2) is 9.53. The number of carbonyl (C=O) groups is 2. The van der Waals surface area contributed by atoms with Gasteiger partial charge in [-0.15, -0.1) is 0 Å². The molecule has 0 aromatic heterocycles. The minimum absolute atomic E-state index is 0.271. The molecule has 0 aromatic rings. The predicted octanol–water partition coefficient (Wildman–Crippen LogP) is 2.24.